The largest absolute Gasteiger partial charge is 0.462 e. The van der Waals surface area contributed by atoms with Crippen LogP contribution in [0, 0.1) is 0 Å². The minimum atomic E-state index is -0.350. The first kappa shape index (κ1) is 12.1. The maximum Gasteiger partial charge on any atom is 0.338 e. The summed E-state index contributed by atoms with van der Waals surface area (Å²) in [6.45, 7) is 2.12. The van der Waals surface area contributed by atoms with Crippen LogP contribution in [-0.4, -0.2) is 17.6 Å². The average molecular weight is 242 g/mol. The van der Waals surface area contributed by atoms with E-state index in [1.54, 1.807) is 37.5 Å². The summed E-state index contributed by atoms with van der Waals surface area (Å²) in [4.78, 5) is 15.9. The molecule has 4 heteroatoms. The first-order valence-electron chi connectivity index (χ1n) is 5.69. The predicted molar refractivity (Wildman–Crippen MR) is 70.0 cm³/mol. The number of esters is 1. The topological polar surface area (TPSA) is 65.2 Å². The summed E-state index contributed by atoms with van der Waals surface area (Å²) >= 11 is 0. The summed E-state index contributed by atoms with van der Waals surface area (Å²) in [6, 6.07) is 8.98. The second kappa shape index (κ2) is 5.31. The molecule has 2 aromatic rings. The Morgan fingerprint density at radius 1 is 1.39 bits per heavy atom. The van der Waals surface area contributed by atoms with Crippen LogP contribution in [-0.2, 0) is 4.74 Å². The molecular weight excluding hydrogens is 228 g/mol. The van der Waals surface area contributed by atoms with E-state index in [4.69, 9.17) is 10.5 Å². The van der Waals surface area contributed by atoms with E-state index in [-0.39, 0.29) is 5.97 Å². The molecule has 18 heavy (non-hydrogen) atoms. The Labute approximate surface area is 105 Å². The van der Waals surface area contributed by atoms with Crippen LogP contribution in [0.15, 0.2) is 42.7 Å². The standard InChI is InChI=1S/C14H14N2O2/c1-2-18-14(17)12-6-7-16-9-13(12)10-4-3-5-11(15)8-10/h3-9H,2,15H2,1H3. The van der Waals surface area contributed by atoms with Crippen molar-refractivity contribution in [1.82, 2.24) is 4.98 Å². The van der Waals surface area contributed by atoms with Crippen molar-refractivity contribution in [3.8, 4) is 11.1 Å². The minimum Gasteiger partial charge on any atom is -0.462 e. The van der Waals surface area contributed by atoms with Crippen LogP contribution in [0.1, 0.15) is 17.3 Å². The minimum absolute atomic E-state index is 0.345. The molecule has 1 aromatic carbocycles. The van der Waals surface area contributed by atoms with E-state index in [1.165, 1.54) is 0 Å². The van der Waals surface area contributed by atoms with Gasteiger partial charge in [0.2, 0.25) is 0 Å². The molecule has 0 aliphatic heterocycles. The quantitative estimate of drug-likeness (QED) is 0.663. The van der Waals surface area contributed by atoms with Gasteiger partial charge < -0.3 is 10.5 Å². The van der Waals surface area contributed by atoms with Crippen LogP contribution in [0.2, 0.25) is 0 Å². The number of anilines is 1. The highest BCUT2D eigenvalue weighted by Gasteiger charge is 2.13. The van der Waals surface area contributed by atoms with E-state index >= 15 is 0 Å². The zero-order valence-corrected chi connectivity index (χ0v) is 10.1. The summed E-state index contributed by atoms with van der Waals surface area (Å²) in [5.41, 5.74) is 8.46. The van der Waals surface area contributed by atoms with Gasteiger partial charge in [0, 0.05) is 23.6 Å². The third-order valence-electron chi connectivity index (χ3n) is 2.51. The van der Waals surface area contributed by atoms with Crippen molar-refractivity contribution >= 4 is 11.7 Å². The molecule has 1 heterocycles. The van der Waals surface area contributed by atoms with Gasteiger partial charge in [-0.25, -0.2) is 4.79 Å². The number of aromatic nitrogens is 1. The summed E-state index contributed by atoms with van der Waals surface area (Å²) in [7, 11) is 0. The fourth-order valence-corrected chi connectivity index (χ4v) is 1.72. The van der Waals surface area contributed by atoms with Crippen molar-refractivity contribution in [2.24, 2.45) is 0 Å². The second-order valence-corrected chi connectivity index (χ2v) is 3.77. The lowest BCUT2D eigenvalue weighted by atomic mass is 10.0. The van der Waals surface area contributed by atoms with Crippen molar-refractivity contribution in [2.75, 3.05) is 12.3 Å². The highest BCUT2D eigenvalue weighted by atomic mass is 16.5. The van der Waals surface area contributed by atoms with Crippen LogP contribution in [0.4, 0.5) is 5.69 Å². The highest BCUT2D eigenvalue weighted by Crippen LogP contribution is 2.24. The lowest BCUT2D eigenvalue weighted by molar-refractivity contribution is 0.0527. The Morgan fingerprint density at radius 2 is 2.22 bits per heavy atom. The molecule has 0 aliphatic rings. The first-order valence-corrected chi connectivity index (χ1v) is 5.69. The van der Waals surface area contributed by atoms with Crippen molar-refractivity contribution in [2.45, 2.75) is 6.92 Å². The van der Waals surface area contributed by atoms with E-state index in [1.807, 2.05) is 12.1 Å². The van der Waals surface area contributed by atoms with Crippen LogP contribution < -0.4 is 5.73 Å². The van der Waals surface area contributed by atoms with Crippen LogP contribution in [0.5, 0.6) is 0 Å². The van der Waals surface area contributed by atoms with E-state index in [2.05, 4.69) is 4.98 Å². The number of carbonyl (C=O) groups is 1. The maximum absolute atomic E-state index is 11.8. The number of ether oxygens (including phenoxy) is 1. The first-order chi connectivity index (χ1) is 8.72. The van der Waals surface area contributed by atoms with Crippen LogP contribution >= 0.6 is 0 Å². The third-order valence-corrected chi connectivity index (χ3v) is 2.51. The van der Waals surface area contributed by atoms with Gasteiger partial charge in [0.15, 0.2) is 0 Å². The van der Waals surface area contributed by atoms with Gasteiger partial charge in [-0.15, -0.1) is 0 Å². The fourth-order valence-electron chi connectivity index (χ4n) is 1.72. The average Bonchev–Trinajstić information content (AvgIpc) is 2.39. The summed E-state index contributed by atoms with van der Waals surface area (Å²) in [5.74, 6) is -0.350. The molecule has 0 unspecified atom stereocenters. The van der Waals surface area contributed by atoms with Crippen LogP contribution in [0.25, 0.3) is 11.1 Å². The molecule has 0 saturated carbocycles. The zero-order valence-electron chi connectivity index (χ0n) is 10.1. The van der Waals surface area contributed by atoms with E-state index in [0.29, 0.717) is 17.9 Å². The van der Waals surface area contributed by atoms with E-state index in [0.717, 1.165) is 11.1 Å². The highest BCUT2D eigenvalue weighted by molar-refractivity contribution is 5.97. The van der Waals surface area contributed by atoms with Gasteiger partial charge in [-0.2, -0.15) is 0 Å². The molecule has 4 nitrogen and oxygen atoms in total. The smallest absolute Gasteiger partial charge is 0.338 e. The van der Waals surface area contributed by atoms with E-state index < -0.39 is 0 Å². The Kier molecular flexibility index (Phi) is 3.57. The maximum atomic E-state index is 11.8. The number of rotatable bonds is 3. The van der Waals surface area contributed by atoms with Crippen LogP contribution in [0.3, 0.4) is 0 Å². The van der Waals surface area contributed by atoms with Gasteiger partial charge in [0.1, 0.15) is 0 Å². The second-order valence-electron chi connectivity index (χ2n) is 3.77. The number of nitrogens with two attached hydrogens (primary N) is 1. The normalized spacial score (nSPS) is 10.1. The summed E-state index contributed by atoms with van der Waals surface area (Å²) < 4.78 is 5.02. The zero-order chi connectivity index (χ0) is 13.0. The Hall–Kier alpha value is -2.36. The van der Waals surface area contributed by atoms with Crippen molar-refractivity contribution in [3.63, 3.8) is 0 Å². The number of benzene rings is 1. The summed E-state index contributed by atoms with van der Waals surface area (Å²) in [5, 5.41) is 0. The van der Waals surface area contributed by atoms with E-state index in [9.17, 15) is 4.79 Å². The summed E-state index contributed by atoms with van der Waals surface area (Å²) in [6.07, 6.45) is 3.21. The SMILES string of the molecule is CCOC(=O)c1ccncc1-c1cccc(N)c1. The number of hydrogen-bond donors (Lipinski definition) is 1. The number of hydrogen-bond acceptors (Lipinski definition) is 4. The number of pyridine rings is 1. The van der Waals surface area contributed by atoms with Gasteiger partial charge in [-0.1, -0.05) is 12.1 Å². The Balaban J connectivity index is 2.48. The molecule has 0 fully saturated rings. The number of carbonyl (C=O) groups excluding carboxylic acids is 1. The lowest BCUT2D eigenvalue weighted by Gasteiger charge is -2.08. The number of nitrogens with zero attached hydrogens (tertiary/aromatic N) is 1. The lowest BCUT2D eigenvalue weighted by Crippen LogP contribution is -2.06. The predicted octanol–water partition coefficient (Wildman–Crippen LogP) is 2.51. The molecule has 1 aromatic heterocycles. The van der Waals surface area contributed by atoms with Crippen molar-refractivity contribution in [3.05, 3.63) is 48.3 Å². The monoisotopic (exact) mass is 242 g/mol. The van der Waals surface area contributed by atoms with Gasteiger partial charge in [-0.05, 0) is 30.7 Å². The fraction of sp³-hybridized carbons (Fsp3) is 0.143. The molecule has 2 N–H and O–H groups in total. The molecule has 0 atom stereocenters. The molecule has 0 bridgehead atoms. The Bertz CT molecular complexity index is 567. The molecule has 0 radical (unpaired) electrons. The molecule has 0 spiro atoms. The Morgan fingerprint density at radius 3 is 2.94 bits per heavy atom. The molecular formula is C14H14N2O2. The van der Waals surface area contributed by atoms with Gasteiger partial charge >= 0.3 is 5.97 Å². The molecule has 0 saturated heterocycles. The van der Waals surface area contributed by atoms with Gasteiger partial charge in [-0.3, -0.25) is 4.98 Å². The molecule has 0 amide bonds. The third kappa shape index (κ3) is 2.48. The molecule has 2 rings (SSSR count). The van der Waals surface area contributed by atoms with Crippen molar-refractivity contribution in [1.29, 1.82) is 0 Å². The number of nitrogen functional groups attached to an aromatic ring is 1. The van der Waals surface area contributed by atoms with Crippen molar-refractivity contribution < 1.29 is 9.53 Å². The molecule has 0 aliphatic carbocycles. The molecule has 92 valence electrons. The van der Waals surface area contributed by atoms with Gasteiger partial charge in [0.25, 0.3) is 0 Å². The van der Waals surface area contributed by atoms with Gasteiger partial charge in [0.05, 0.1) is 12.2 Å².